The van der Waals surface area contributed by atoms with Crippen molar-refractivity contribution in [2.75, 3.05) is 4.90 Å². The maximum absolute atomic E-state index is 13.7. The molecule has 5 rings (SSSR count). The molecule has 1 aliphatic carbocycles. The summed E-state index contributed by atoms with van der Waals surface area (Å²) in [6, 6.07) is 17.8. The Morgan fingerprint density at radius 3 is 2.62 bits per heavy atom. The lowest BCUT2D eigenvalue weighted by molar-refractivity contribution is -0.118. The first-order valence-corrected chi connectivity index (χ1v) is 12.3. The Kier molecular flexibility index (Phi) is 5.80. The predicted octanol–water partition coefficient (Wildman–Crippen LogP) is 5.64. The molecule has 1 saturated carbocycles. The molecule has 2 heterocycles. The number of H-pyrrole nitrogens is 1. The first-order valence-electron chi connectivity index (χ1n) is 10.6. The van der Waals surface area contributed by atoms with Crippen LogP contribution in [-0.4, -0.2) is 32.9 Å². The van der Waals surface area contributed by atoms with Crippen LogP contribution in [-0.2, 0) is 4.79 Å². The molecule has 0 bridgehead atoms. The molecule has 32 heavy (non-hydrogen) atoms. The van der Waals surface area contributed by atoms with Gasteiger partial charge in [0.2, 0.25) is 11.0 Å². The lowest BCUT2D eigenvalue weighted by Crippen LogP contribution is -2.32. The zero-order valence-corrected chi connectivity index (χ0v) is 19.2. The molecular formula is C24H22N4O2S2. The number of aromatic amines is 1. The van der Waals surface area contributed by atoms with Gasteiger partial charge in [0.15, 0.2) is 10.1 Å². The highest BCUT2D eigenvalue weighted by Crippen LogP contribution is 2.43. The molecule has 2 aromatic carbocycles. The number of amides is 1. The zero-order chi connectivity index (χ0) is 22.1. The first kappa shape index (κ1) is 20.9. The highest BCUT2D eigenvalue weighted by Gasteiger charge is 2.35. The Hall–Kier alpha value is -2.97. The van der Waals surface area contributed by atoms with Crippen LogP contribution in [0.25, 0.3) is 10.9 Å². The second-order valence-electron chi connectivity index (χ2n) is 7.72. The van der Waals surface area contributed by atoms with Crippen molar-refractivity contribution in [3.8, 4) is 0 Å². The Labute approximate surface area is 194 Å². The zero-order valence-electron chi connectivity index (χ0n) is 17.5. The van der Waals surface area contributed by atoms with Crippen LogP contribution in [0.1, 0.15) is 47.4 Å². The average molecular weight is 463 g/mol. The molecule has 8 heteroatoms. The first-order chi connectivity index (χ1) is 15.7. The van der Waals surface area contributed by atoms with Gasteiger partial charge in [-0.25, -0.2) is 0 Å². The largest absolute Gasteiger partial charge is 0.360 e. The molecule has 0 saturated heterocycles. The fourth-order valence-electron chi connectivity index (χ4n) is 3.74. The van der Waals surface area contributed by atoms with Crippen molar-refractivity contribution < 1.29 is 9.59 Å². The van der Waals surface area contributed by atoms with Crippen molar-refractivity contribution in [2.45, 2.75) is 41.8 Å². The van der Waals surface area contributed by atoms with Crippen LogP contribution < -0.4 is 4.90 Å². The lowest BCUT2D eigenvalue weighted by atomic mass is 10.0. The van der Waals surface area contributed by atoms with E-state index in [1.165, 1.54) is 23.1 Å². The normalized spacial score (nSPS) is 14.4. The molecule has 1 fully saturated rings. The minimum Gasteiger partial charge on any atom is -0.360 e. The van der Waals surface area contributed by atoms with Crippen molar-refractivity contribution >= 4 is 50.8 Å². The quantitative estimate of drug-likeness (QED) is 0.208. The van der Waals surface area contributed by atoms with Gasteiger partial charge in [0.05, 0.1) is 0 Å². The molecular weight excluding hydrogens is 440 g/mol. The highest BCUT2D eigenvalue weighted by atomic mass is 32.2. The third-order valence-corrected chi connectivity index (χ3v) is 7.76. The number of thioether (sulfide) groups is 1. The molecule has 1 aliphatic rings. The summed E-state index contributed by atoms with van der Waals surface area (Å²) in [5.41, 5.74) is 2.50. The molecule has 6 nitrogen and oxygen atoms in total. The molecule has 0 radical (unpaired) electrons. The fraction of sp³-hybridized carbons (Fsp3) is 0.250. The second kappa shape index (κ2) is 8.88. The van der Waals surface area contributed by atoms with Gasteiger partial charge in [-0.3, -0.25) is 14.5 Å². The van der Waals surface area contributed by atoms with E-state index in [-0.39, 0.29) is 17.7 Å². The minimum absolute atomic E-state index is 0.0130. The third-order valence-electron chi connectivity index (χ3n) is 5.50. The number of anilines is 1. The van der Waals surface area contributed by atoms with Gasteiger partial charge in [0, 0.05) is 35.1 Å². The minimum atomic E-state index is -0.465. The number of hydrogen-bond acceptors (Lipinski definition) is 6. The summed E-state index contributed by atoms with van der Waals surface area (Å²) in [4.78, 5) is 31.1. The Morgan fingerprint density at radius 1 is 1.12 bits per heavy atom. The number of aromatic nitrogens is 3. The van der Waals surface area contributed by atoms with Crippen molar-refractivity contribution in [1.29, 1.82) is 0 Å². The van der Waals surface area contributed by atoms with E-state index in [2.05, 4.69) is 15.2 Å². The summed E-state index contributed by atoms with van der Waals surface area (Å²) in [6.45, 7) is 1.86. The molecule has 0 aliphatic heterocycles. The van der Waals surface area contributed by atoms with Crippen molar-refractivity contribution in [2.24, 2.45) is 0 Å². The fourth-order valence-corrected chi connectivity index (χ4v) is 5.93. The molecule has 1 N–H and O–H groups in total. The van der Waals surface area contributed by atoms with Gasteiger partial charge in [0.1, 0.15) is 5.25 Å². The highest BCUT2D eigenvalue weighted by molar-refractivity contribution is 8.02. The van der Waals surface area contributed by atoms with Gasteiger partial charge in [-0.05, 0) is 24.5 Å². The summed E-state index contributed by atoms with van der Waals surface area (Å²) >= 11 is 2.77. The number of fused-ring (bicyclic) bond motifs is 1. The Morgan fingerprint density at radius 2 is 1.88 bits per heavy atom. The molecule has 162 valence electrons. The van der Waals surface area contributed by atoms with Gasteiger partial charge in [-0.15, -0.1) is 10.2 Å². The maximum atomic E-state index is 13.7. The topological polar surface area (TPSA) is 79.0 Å². The van der Waals surface area contributed by atoms with Crippen molar-refractivity contribution in [1.82, 2.24) is 15.2 Å². The third kappa shape index (κ3) is 4.08. The summed E-state index contributed by atoms with van der Waals surface area (Å²) < 4.78 is 0.677. The van der Waals surface area contributed by atoms with Crippen LogP contribution in [0.5, 0.6) is 0 Å². The number of carbonyl (C=O) groups excluding carboxylic acids is 2. The summed E-state index contributed by atoms with van der Waals surface area (Å²) in [5.74, 6) is 0.0776. The van der Waals surface area contributed by atoms with Gasteiger partial charge in [-0.1, -0.05) is 78.6 Å². The van der Waals surface area contributed by atoms with Crippen LogP contribution in [0.2, 0.25) is 0 Å². The Balaban J connectivity index is 1.47. The van der Waals surface area contributed by atoms with E-state index in [1.807, 2.05) is 61.5 Å². The number of ketones is 1. The van der Waals surface area contributed by atoms with Crippen LogP contribution in [0, 0.1) is 0 Å². The van der Waals surface area contributed by atoms with Gasteiger partial charge in [-0.2, -0.15) is 0 Å². The number of para-hydroxylation sites is 1. The number of carbonyl (C=O) groups is 2. The second-order valence-corrected chi connectivity index (χ2v) is 10.0. The van der Waals surface area contributed by atoms with E-state index in [1.54, 1.807) is 11.1 Å². The number of nitrogens with one attached hydrogen (secondary N) is 1. The van der Waals surface area contributed by atoms with Gasteiger partial charge < -0.3 is 4.98 Å². The monoisotopic (exact) mass is 462 g/mol. The van der Waals surface area contributed by atoms with E-state index >= 15 is 0 Å². The van der Waals surface area contributed by atoms with Crippen LogP contribution in [0.4, 0.5) is 5.13 Å². The SMILES string of the molecule is CCC(=O)N(c1nnc(S[C@@H](C(=O)c2c[nH]c3ccccc23)c2ccccc2)s1)C1CC1. The van der Waals surface area contributed by atoms with E-state index in [0.717, 1.165) is 29.3 Å². The lowest BCUT2D eigenvalue weighted by Gasteiger charge is -2.17. The Bertz CT molecular complexity index is 1260. The van der Waals surface area contributed by atoms with Crippen molar-refractivity contribution in [3.63, 3.8) is 0 Å². The van der Waals surface area contributed by atoms with E-state index in [9.17, 15) is 9.59 Å². The van der Waals surface area contributed by atoms with Crippen LogP contribution >= 0.6 is 23.1 Å². The summed E-state index contributed by atoms with van der Waals surface area (Å²) in [6.07, 6.45) is 4.22. The number of hydrogen-bond donors (Lipinski definition) is 1. The molecule has 1 amide bonds. The smallest absolute Gasteiger partial charge is 0.228 e. The summed E-state index contributed by atoms with van der Waals surface area (Å²) in [5, 5.41) is 9.69. The number of nitrogens with zero attached hydrogens (tertiary/aromatic N) is 3. The number of rotatable bonds is 8. The molecule has 4 aromatic rings. The van der Waals surface area contributed by atoms with Gasteiger partial charge >= 0.3 is 0 Å². The van der Waals surface area contributed by atoms with Crippen molar-refractivity contribution in [3.05, 3.63) is 71.9 Å². The predicted molar refractivity (Wildman–Crippen MR) is 128 cm³/mol. The maximum Gasteiger partial charge on any atom is 0.228 e. The average Bonchev–Trinajstić information content (AvgIpc) is 3.39. The van der Waals surface area contributed by atoms with Crippen LogP contribution in [0.15, 0.2) is 65.1 Å². The standard InChI is InChI=1S/C24H22N4O2S2/c1-2-20(29)28(16-12-13-16)23-26-27-24(32-23)31-22(15-8-4-3-5-9-15)21(30)18-14-25-19-11-7-6-10-17(18)19/h3-11,14,16,22,25H,2,12-13H2,1H3/t22-/m1/s1. The molecule has 1 atom stereocenters. The number of Topliss-reactive ketones (excluding diaryl/α,β-unsaturated/α-hetero) is 1. The number of benzene rings is 2. The molecule has 0 spiro atoms. The van der Waals surface area contributed by atoms with E-state index < -0.39 is 5.25 Å². The van der Waals surface area contributed by atoms with E-state index in [0.29, 0.717) is 21.5 Å². The molecule has 0 unspecified atom stereocenters. The van der Waals surface area contributed by atoms with Crippen LogP contribution in [0.3, 0.4) is 0 Å². The van der Waals surface area contributed by atoms with E-state index in [4.69, 9.17) is 0 Å². The summed E-state index contributed by atoms with van der Waals surface area (Å²) in [7, 11) is 0. The molecule has 2 aromatic heterocycles. The van der Waals surface area contributed by atoms with Gasteiger partial charge in [0.25, 0.3) is 0 Å².